The van der Waals surface area contributed by atoms with E-state index in [-0.39, 0.29) is 24.9 Å². The minimum absolute atomic E-state index is 0. The molecule has 166 valence electrons. The number of hydrogen-bond donors (Lipinski definition) is 0. The number of benzene rings is 2. The van der Waals surface area contributed by atoms with Gasteiger partial charge in [0, 0.05) is 6.54 Å². The Morgan fingerprint density at radius 2 is 1.94 bits per heavy atom. The number of hydrogen-bond acceptors (Lipinski definition) is 6. The largest absolute Gasteiger partial charge is 0.485 e. The summed E-state index contributed by atoms with van der Waals surface area (Å²) in [5.41, 5.74) is 2.19. The van der Waals surface area contributed by atoms with Crippen LogP contribution in [-0.2, 0) is 11.2 Å². The molecule has 0 aliphatic carbocycles. The van der Waals surface area contributed by atoms with Crippen LogP contribution in [0.4, 0.5) is 5.13 Å². The molecule has 0 radical (unpaired) electrons. The molecule has 3 aromatic rings. The molecular weight excluding hydrogens is 434 g/mol. The van der Waals surface area contributed by atoms with Gasteiger partial charge in [0.05, 0.1) is 10.2 Å². The Morgan fingerprint density at radius 1 is 1.16 bits per heavy atom. The summed E-state index contributed by atoms with van der Waals surface area (Å²) in [4.78, 5) is 22.1. The molecule has 0 bridgehead atoms. The standard InChI is InChI=1S/C23H27N3O3S.ClH/c1-4-16-10-11-17-21(14-16)30-23(24-17)26(13-7-12-25(2)3)22(27)20-15-28-18-8-5-6-9-19(18)29-20;/h5-6,8-11,14,20H,4,7,12-13,15H2,1-3H3;1H. The van der Waals surface area contributed by atoms with E-state index in [1.165, 1.54) is 5.56 Å². The number of nitrogens with zero attached hydrogens (tertiary/aromatic N) is 3. The van der Waals surface area contributed by atoms with E-state index in [9.17, 15) is 4.79 Å². The fraction of sp³-hybridized carbons (Fsp3) is 0.391. The first-order valence-electron chi connectivity index (χ1n) is 10.3. The Hall–Kier alpha value is -2.35. The maximum atomic E-state index is 13.5. The molecular formula is C23H28ClN3O3S. The van der Waals surface area contributed by atoms with Crippen LogP contribution >= 0.6 is 23.7 Å². The SMILES string of the molecule is CCc1ccc2nc(N(CCCN(C)C)C(=O)C3COc4ccccc4O3)sc2c1.Cl. The van der Waals surface area contributed by atoms with Gasteiger partial charge in [0.1, 0.15) is 6.61 Å². The number of anilines is 1. The molecule has 1 unspecified atom stereocenters. The van der Waals surface area contributed by atoms with Crippen LogP contribution in [0, 0.1) is 0 Å². The third-order valence-electron chi connectivity index (χ3n) is 5.12. The number of rotatable bonds is 7. The van der Waals surface area contributed by atoms with Gasteiger partial charge in [-0.15, -0.1) is 12.4 Å². The zero-order valence-electron chi connectivity index (χ0n) is 18.0. The van der Waals surface area contributed by atoms with Crippen LogP contribution in [0.25, 0.3) is 10.2 Å². The van der Waals surface area contributed by atoms with Crippen molar-refractivity contribution >= 4 is 45.0 Å². The summed E-state index contributed by atoms with van der Waals surface area (Å²) in [6.45, 7) is 3.81. The Bertz CT molecular complexity index is 1040. The van der Waals surface area contributed by atoms with E-state index in [1.54, 1.807) is 16.2 Å². The third kappa shape index (κ3) is 5.29. The number of aryl methyl sites for hydroxylation is 1. The predicted molar refractivity (Wildman–Crippen MR) is 128 cm³/mol. The fourth-order valence-corrected chi connectivity index (χ4v) is 4.51. The van der Waals surface area contributed by atoms with Crippen LogP contribution in [-0.4, -0.2) is 55.7 Å². The summed E-state index contributed by atoms with van der Waals surface area (Å²) < 4.78 is 12.9. The van der Waals surface area contributed by atoms with Gasteiger partial charge in [0.15, 0.2) is 16.6 Å². The lowest BCUT2D eigenvalue weighted by molar-refractivity contribution is -0.127. The van der Waals surface area contributed by atoms with Crippen LogP contribution in [0.15, 0.2) is 42.5 Å². The molecule has 2 aromatic carbocycles. The molecule has 0 spiro atoms. The minimum Gasteiger partial charge on any atom is -0.485 e. The second kappa shape index (κ2) is 10.3. The summed E-state index contributed by atoms with van der Waals surface area (Å²) in [5, 5.41) is 0.712. The van der Waals surface area contributed by atoms with Crippen molar-refractivity contribution in [2.75, 3.05) is 38.7 Å². The zero-order valence-corrected chi connectivity index (χ0v) is 19.7. The van der Waals surface area contributed by atoms with Gasteiger partial charge in [-0.1, -0.05) is 36.5 Å². The molecule has 1 atom stereocenters. The number of halogens is 1. The minimum atomic E-state index is -0.683. The van der Waals surface area contributed by atoms with E-state index >= 15 is 0 Å². The van der Waals surface area contributed by atoms with Crippen LogP contribution < -0.4 is 14.4 Å². The first-order valence-corrected chi connectivity index (χ1v) is 11.1. The Morgan fingerprint density at radius 3 is 2.68 bits per heavy atom. The highest BCUT2D eigenvalue weighted by molar-refractivity contribution is 7.22. The van der Waals surface area contributed by atoms with Crippen molar-refractivity contribution in [1.29, 1.82) is 0 Å². The molecule has 0 fully saturated rings. The molecule has 1 aliphatic heterocycles. The quantitative estimate of drug-likeness (QED) is 0.521. The van der Waals surface area contributed by atoms with Gasteiger partial charge in [0.25, 0.3) is 5.91 Å². The van der Waals surface area contributed by atoms with Crippen molar-refractivity contribution in [2.45, 2.75) is 25.9 Å². The van der Waals surface area contributed by atoms with Gasteiger partial charge in [0.2, 0.25) is 6.10 Å². The summed E-state index contributed by atoms with van der Waals surface area (Å²) in [6, 6.07) is 13.7. The Balaban J connectivity index is 0.00000272. The molecule has 1 aliphatic rings. The summed E-state index contributed by atoms with van der Waals surface area (Å²) in [7, 11) is 4.07. The Labute approximate surface area is 193 Å². The number of aromatic nitrogens is 1. The molecule has 1 aromatic heterocycles. The van der Waals surface area contributed by atoms with Gasteiger partial charge < -0.3 is 14.4 Å². The number of carbonyl (C=O) groups excluding carboxylic acids is 1. The molecule has 0 saturated carbocycles. The highest BCUT2D eigenvalue weighted by Crippen LogP contribution is 2.34. The van der Waals surface area contributed by atoms with Crippen molar-refractivity contribution in [1.82, 2.24) is 9.88 Å². The molecule has 4 rings (SSSR count). The number of para-hydroxylation sites is 2. The topological polar surface area (TPSA) is 54.9 Å². The van der Waals surface area contributed by atoms with Crippen LogP contribution in [0.1, 0.15) is 18.9 Å². The highest BCUT2D eigenvalue weighted by atomic mass is 35.5. The maximum absolute atomic E-state index is 13.5. The molecule has 0 saturated heterocycles. The van der Waals surface area contributed by atoms with Crippen molar-refractivity contribution < 1.29 is 14.3 Å². The summed E-state index contributed by atoms with van der Waals surface area (Å²) in [5.74, 6) is 1.16. The van der Waals surface area contributed by atoms with E-state index in [1.807, 2.05) is 44.4 Å². The smallest absolute Gasteiger partial charge is 0.273 e. The zero-order chi connectivity index (χ0) is 21.1. The molecule has 6 nitrogen and oxygen atoms in total. The van der Waals surface area contributed by atoms with E-state index in [0.29, 0.717) is 23.2 Å². The summed E-state index contributed by atoms with van der Waals surface area (Å²) >= 11 is 1.56. The fourth-order valence-electron chi connectivity index (χ4n) is 3.45. The number of amides is 1. The van der Waals surface area contributed by atoms with Gasteiger partial charge >= 0.3 is 0 Å². The second-order valence-electron chi connectivity index (χ2n) is 7.66. The monoisotopic (exact) mass is 461 g/mol. The van der Waals surface area contributed by atoms with E-state index in [2.05, 4.69) is 24.0 Å². The van der Waals surface area contributed by atoms with Crippen molar-refractivity contribution in [2.24, 2.45) is 0 Å². The molecule has 1 amide bonds. The summed E-state index contributed by atoms with van der Waals surface area (Å²) in [6.07, 6.45) is 1.14. The van der Waals surface area contributed by atoms with Crippen LogP contribution in [0.5, 0.6) is 11.5 Å². The second-order valence-corrected chi connectivity index (χ2v) is 8.67. The van der Waals surface area contributed by atoms with Crippen LogP contribution in [0.3, 0.4) is 0 Å². The average molecular weight is 462 g/mol. The first-order chi connectivity index (χ1) is 14.5. The van der Waals surface area contributed by atoms with Crippen molar-refractivity contribution in [3.05, 3.63) is 48.0 Å². The molecule has 0 N–H and O–H groups in total. The maximum Gasteiger partial charge on any atom is 0.273 e. The lowest BCUT2D eigenvalue weighted by atomic mass is 10.2. The van der Waals surface area contributed by atoms with E-state index in [4.69, 9.17) is 14.5 Å². The normalized spacial score (nSPS) is 15.0. The Kier molecular flexibility index (Phi) is 7.75. The number of fused-ring (bicyclic) bond motifs is 2. The van der Waals surface area contributed by atoms with Crippen molar-refractivity contribution in [3.63, 3.8) is 0 Å². The number of thiazole rings is 1. The van der Waals surface area contributed by atoms with Gasteiger partial charge in [-0.25, -0.2) is 4.98 Å². The third-order valence-corrected chi connectivity index (χ3v) is 6.16. The molecule has 31 heavy (non-hydrogen) atoms. The molecule has 2 heterocycles. The predicted octanol–water partition coefficient (Wildman–Crippen LogP) is 4.41. The van der Waals surface area contributed by atoms with Crippen molar-refractivity contribution in [3.8, 4) is 11.5 Å². The highest BCUT2D eigenvalue weighted by Gasteiger charge is 2.33. The number of carbonyl (C=O) groups is 1. The lowest BCUT2D eigenvalue weighted by Gasteiger charge is -2.29. The van der Waals surface area contributed by atoms with Gasteiger partial charge in [-0.2, -0.15) is 0 Å². The van der Waals surface area contributed by atoms with Crippen LogP contribution in [0.2, 0.25) is 0 Å². The molecule has 8 heteroatoms. The van der Waals surface area contributed by atoms with Gasteiger partial charge in [-0.3, -0.25) is 9.69 Å². The number of ether oxygens (including phenoxy) is 2. The lowest BCUT2D eigenvalue weighted by Crippen LogP contribution is -2.47. The first kappa shape index (κ1) is 23.3. The van der Waals surface area contributed by atoms with Gasteiger partial charge in [-0.05, 0) is 63.3 Å². The van der Waals surface area contributed by atoms with E-state index in [0.717, 1.165) is 29.6 Å². The average Bonchev–Trinajstić information content (AvgIpc) is 3.18. The van der Waals surface area contributed by atoms with E-state index < -0.39 is 6.10 Å².